The molecule has 3 heterocycles. The molecule has 8 nitrogen and oxygen atoms in total. The molecule has 26 heavy (non-hydrogen) atoms. The van der Waals surface area contributed by atoms with Crippen LogP contribution in [0, 0.1) is 6.92 Å². The molecule has 0 radical (unpaired) electrons. The third-order valence-corrected chi connectivity index (χ3v) is 3.97. The maximum atomic E-state index is 12.5. The fraction of sp³-hybridized carbons (Fsp3) is 0.111. The number of amides is 1. The van der Waals surface area contributed by atoms with Crippen LogP contribution < -0.4 is 10.1 Å². The molecule has 1 aromatic carbocycles. The molecule has 0 unspecified atom stereocenters. The minimum absolute atomic E-state index is 0.323. The van der Waals surface area contributed by atoms with Crippen molar-refractivity contribution in [2.75, 3.05) is 12.4 Å². The van der Waals surface area contributed by atoms with Gasteiger partial charge in [0.15, 0.2) is 0 Å². The lowest BCUT2D eigenvalue weighted by molar-refractivity contribution is 0.102. The first-order valence-electron chi connectivity index (χ1n) is 7.86. The summed E-state index contributed by atoms with van der Waals surface area (Å²) in [4.78, 5) is 21.2. The van der Waals surface area contributed by atoms with Gasteiger partial charge in [-0.1, -0.05) is 5.16 Å². The van der Waals surface area contributed by atoms with Gasteiger partial charge in [0.05, 0.1) is 24.7 Å². The summed E-state index contributed by atoms with van der Waals surface area (Å²) in [5, 5.41) is 6.46. The Hall–Kier alpha value is -3.68. The molecule has 3 aromatic heterocycles. The van der Waals surface area contributed by atoms with E-state index in [0.29, 0.717) is 28.5 Å². The van der Waals surface area contributed by atoms with E-state index < -0.39 is 0 Å². The van der Waals surface area contributed by atoms with Gasteiger partial charge in [0.2, 0.25) is 5.78 Å². The zero-order chi connectivity index (χ0) is 18.1. The van der Waals surface area contributed by atoms with E-state index in [2.05, 4.69) is 20.4 Å². The quantitative estimate of drug-likeness (QED) is 0.609. The van der Waals surface area contributed by atoms with Crippen molar-refractivity contribution in [3.63, 3.8) is 0 Å². The molecule has 0 fully saturated rings. The number of aryl methyl sites for hydroxylation is 1. The van der Waals surface area contributed by atoms with Gasteiger partial charge in [-0.05, 0) is 31.2 Å². The number of ether oxygens (including phenoxy) is 1. The van der Waals surface area contributed by atoms with Crippen LogP contribution in [0.15, 0.2) is 53.6 Å². The number of carbonyl (C=O) groups excluding carboxylic acids is 1. The number of hydrogen-bond acceptors (Lipinski definition) is 6. The Balaban J connectivity index is 1.71. The van der Waals surface area contributed by atoms with Gasteiger partial charge >= 0.3 is 0 Å². The molecule has 1 amide bonds. The molecule has 0 atom stereocenters. The first-order chi connectivity index (χ1) is 12.7. The van der Waals surface area contributed by atoms with Crippen LogP contribution in [-0.2, 0) is 0 Å². The Kier molecular flexibility index (Phi) is 3.85. The number of anilines is 1. The Morgan fingerprint density at radius 3 is 2.96 bits per heavy atom. The SMILES string of the molecule is COc1ccc(-c2cn3cccnc3n2)cc1NC(=O)c1cnoc1C. The Morgan fingerprint density at radius 1 is 1.35 bits per heavy atom. The zero-order valence-corrected chi connectivity index (χ0v) is 14.1. The smallest absolute Gasteiger partial charge is 0.260 e. The summed E-state index contributed by atoms with van der Waals surface area (Å²) in [6.07, 6.45) is 6.82. The van der Waals surface area contributed by atoms with E-state index in [9.17, 15) is 4.79 Å². The molecular weight excluding hydrogens is 334 g/mol. The lowest BCUT2D eigenvalue weighted by Crippen LogP contribution is -2.13. The van der Waals surface area contributed by atoms with Gasteiger partial charge in [-0.15, -0.1) is 0 Å². The molecule has 0 aliphatic carbocycles. The van der Waals surface area contributed by atoms with Crippen molar-refractivity contribution in [3.05, 3.63) is 60.4 Å². The fourth-order valence-electron chi connectivity index (χ4n) is 2.64. The normalized spacial score (nSPS) is 10.8. The first kappa shape index (κ1) is 15.8. The summed E-state index contributed by atoms with van der Waals surface area (Å²) >= 11 is 0. The van der Waals surface area contributed by atoms with Crippen LogP contribution >= 0.6 is 0 Å². The topological polar surface area (TPSA) is 94.6 Å². The number of hydrogen-bond donors (Lipinski definition) is 1. The van der Waals surface area contributed by atoms with Crippen LogP contribution in [0.25, 0.3) is 17.0 Å². The number of carbonyl (C=O) groups is 1. The zero-order valence-electron chi connectivity index (χ0n) is 14.1. The van der Waals surface area contributed by atoms with Crippen molar-refractivity contribution >= 4 is 17.4 Å². The van der Waals surface area contributed by atoms with Crippen molar-refractivity contribution in [2.24, 2.45) is 0 Å². The minimum atomic E-state index is -0.323. The van der Waals surface area contributed by atoms with Crippen LogP contribution in [0.4, 0.5) is 5.69 Å². The van der Waals surface area contributed by atoms with E-state index in [0.717, 1.165) is 11.3 Å². The maximum Gasteiger partial charge on any atom is 0.260 e. The van der Waals surface area contributed by atoms with Gasteiger partial charge < -0.3 is 14.6 Å². The summed E-state index contributed by atoms with van der Waals surface area (Å²) in [6.45, 7) is 1.68. The minimum Gasteiger partial charge on any atom is -0.495 e. The van der Waals surface area contributed by atoms with Crippen molar-refractivity contribution in [3.8, 4) is 17.0 Å². The summed E-state index contributed by atoms with van der Waals surface area (Å²) < 4.78 is 12.1. The molecule has 8 heteroatoms. The Bertz CT molecular complexity index is 1070. The predicted molar refractivity (Wildman–Crippen MR) is 94.2 cm³/mol. The monoisotopic (exact) mass is 349 g/mol. The molecule has 4 rings (SSSR count). The summed E-state index contributed by atoms with van der Waals surface area (Å²) in [5.41, 5.74) is 2.46. The highest BCUT2D eigenvalue weighted by atomic mass is 16.5. The third-order valence-electron chi connectivity index (χ3n) is 3.97. The number of fused-ring (bicyclic) bond motifs is 1. The molecule has 0 aliphatic heterocycles. The molecule has 0 spiro atoms. The van der Waals surface area contributed by atoms with Crippen LogP contribution in [0.5, 0.6) is 5.75 Å². The lowest BCUT2D eigenvalue weighted by atomic mass is 10.1. The van der Waals surface area contributed by atoms with Crippen LogP contribution in [0.3, 0.4) is 0 Å². The van der Waals surface area contributed by atoms with Gasteiger partial charge in [-0.2, -0.15) is 0 Å². The standard InChI is InChI=1S/C18H15N5O3/c1-11-13(9-20-26-11)17(24)21-14-8-12(4-5-16(14)25-2)15-10-23-7-3-6-19-18(23)22-15/h3-10H,1-2H3,(H,21,24). The second-order valence-electron chi connectivity index (χ2n) is 5.62. The van der Waals surface area contributed by atoms with Gasteiger partial charge in [0.25, 0.3) is 5.91 Å². The van der Waals surface area contributed by atoms with Crippen molar-refractivity contribution in [2.45, 2.75) is 6.92 Å². The summed E-state index contributed by atoms with van der Waals surface area (Å²) in [6, 6.07) is 7.30. The van der Waals surface area contributed by atoms with E-state index in [1.54, 1.807) is 32.4 Å². The average Bonchev–Trinajstić information content (AvgIpc) is 3.27. The molecule has 0 saturated carbocycles. The van der Waals surface area contributed by atoms with Gasteiger partial charge in [0, 0.05) is 24.2 Å². The molecule has 130 valence electrons. The molecule has 4 aromatic rings. The number of nitrogens with zero attached hydrogens (tertiary/aromatic N) is 4. The molecule has 0 bridgehead atoms. The van der Waals surface area contributed by atoms with Crippen molar-refractivity contribution in [1.29, 1.82) is 0 Å². The summed E-state index contributed by atoms with van der Waals surface area (Å²) in [7, 11) is 1.55. The molecule has 1 N–H and O–H groups in total. The fourth-order valence-corrected chi connectivity index (χ4v) is 2.64. The van der Waals surface area contributed by atoms with Crippen molar-refractivity contribution in [1.82, 2.24) is 19.5 Å². The van der Waals surface area contributed by atoms with Gasteiger partial charge in [0.1, 0.15) is 17.1 Å². The number of benzene rings is 1. The highest BCUT2D eigenvalue weighted by molar-refractivity contribution is 6.05. The van der Waals surface area contributed by atoms with E-state index in [1.165, 1.54) is 6.20 Å². The highest BCUT2D eigenvalue weighted by Crippen LogP contribution is 2.30. The van der Waals surface area contributed by atoms with E-state index in [1.807, 2.05) is 28.9 Å². The maximum absolute atomic E-state index is 12.5. The number of aromatic nitrogens is 4. The second kappa shape index (κ2) is 6.32. The van der Waals surface area contributed by atoms with E-state index in [4.69, 9.17) is 9.26 Å². The van der Waals surface area contributed by atoms with Crippen LogP contribution in [0.1, 0.15) is 16.1 Å². The molecule has 0 aliphatic rings. The van der Waals surface area contributed by atoms with Gasteiger partial charge in [-0.25, -0.2) is 9.97 Å². The van der Waals surface area contributed by atoms with Crippen LogP contribution in [0.2, 0.25) is 0 Å². The lowest BCUT2D eigenvalue weighted by Gasteiger charge is -2.11. The summed E-state index contributed by atoms with van der Waals surface area (Å²) in [5.74, 6) is 1.27. The highest BCUT2D eigenvalue weighted by Gasteiger charge is 2.16. The molecular formula is C18H15N5O3. The number of imidazole rings is 1. The number of rotatable bonds is 4. The number of nitrogens with one attached hydrogen (secondary N) is 1. The average molecular weight is 349 g/mol. The van der Waals surface area contributed by atoms with Crippen molar-refractivity contribution < 1.29 is 14.1 Å². The first-order valence-corrected chi connectivity index (χ1v) is 7.86. The van der Waals surface area contributed by atoms with E-state index >= 15 is 0 Å². The van der Waals surface area contributed by atoms with E-state index in [-0.39, 0.29) is 5.91 Å². The Labute approximate surface area is 148 Å². The Morgan fingerprint density at radius 2 is 2.23 bits per heavy atom. The second-order valence-corrected chi connectivity index (χ2v) is 5.62. The largest absolute Gasteiger partial charge is 0.495 e. The van der Waals surface area contributed by atoms with Gasteiger partial charge in [-0.3, -0.25) is 9.20 Å². The molecule has 0 saturated heterocycles. The van der Waals surface area contributed by atoms with Crippen LogP contribution in [-0.4, -0.2) is 32.5 Å². The predicted octanol–water partition coefficient (Wildman–Crippen LogP) is 2.95. The third kappa shape index (κ3) is 2.77. The number of methoxy groups -OCH3 is 1.